The summed E-state index contributed by atoms with van der Waals surface area (Å²) >= 11 is 4.19. The molecule has 7 heteroatoms. The number of ketones is 2. The molecule has 0 saturated carbocycles. The molecule has 0 radical (unpaired) electrons. The van der Waals surface area contributed by atoms with Gasteiger partial charge >= 0.3 is 0 Å². The highest BCUT2D eigenvalue weighted by atomic mass is 32.2. The normalized spacial score (nSPS) is 11.9. The number of carbonyl (C=O) groups is 2. The number of hydrogen-bond acceptors (Lipinski definition) is 7. The molecule has 0 bridgehead atoms. The molecule has 27 heavy (non-hydrogen) atoms. The molecule has 138 valence electrons. The van der Waals surface area contributed by atoms with E-state index in [1.165, 1.54) is 34.9 Å². The lowest BCUT2D eigenvalue weighted by Gasteiger charge is -2.08. The van der Waals surface area contributed by atoms with Gasteiger partial charge in [0.25, 0.3) is 0 Å². The van der Waals surface area contributed by atoms with Gasteiger partial charge in [0.1, 0.15) is 0 Å². The van der Waals surface area contributed by atoms with Crippen LogP contribution in [0.2, 0.25) is 0 Å². The van der Waals surface area contributed by atoms with Crippen molar-refractivity contribution in [3.8, 4) is 0 Å². The first-order valence-electron chi connectivity index (χ1n) is 8.35. The van der Waals surface area contributed by atoms with Crippen LogP contribution in [0.15, 0.2) is 63.3 Å². The molecule has 2 aromatic carbocycles. The molecule has 0 aliphatic rings. The molecule has 0 aliphatic carbocycles. The number of nitrogens with zero attached hydrogens (tertiary/aromatic N) is 2. The maximum Gasteiger partial charge on any atom is 0.175 e. The van der Waals surface area contributed by atoms with E-state index in [1.54, 1.807) is 0 Å². The zero-order chi connectivity index (χ0) is 19.2. The smallest absolute Gasteiger partial charge is 0.175 e. The van der Waals surface area contributed by atoms with E-state index < -0.39 is 0 Å². The minimum absolute atomic E-state index is 0.0629. The van der Waals surface area contributed by atoms with Gasteiger partial charge in [-0.25, -0.2) is 0 Å². The lowest BCUT2D eigenvalue weighted by Crippen LogP contribution is -2.13. The largest absolute Gasteiger partial charge is 0.293 e. The van der Waals surface area contributed by atoms with Crippen LogP contribution in [0.3, 0.4) is 0 Å². The summed E-state index contributed by atoms with van der Waals surface area (Å²) in [5.41, 5.74) is 2.53. The monoisotopic (exact) mass is 414 g/mol. The molecule has 0 spiro atoms. The molecule has 4 nitrogen and oxygen atoms in total. The highest BCUT2D eigenvalue weighted by molar-refractivity contribution is 8.04. The number of Topliss-reactive ketones (excluding diaryl/α,β-unsaturated/α-hetero) is 2. The Balaban J connectivity index is 1.55. The number of aryl methyl sites for hydroxylation is 1. The molecule has 0 fully saturated rings. The molecule has 3 rings (SSSR count). The first kappa shape index (κ1) is 19.8. The van der Waals surface area contributed by atoms with Crippen LogP contribution in [-0.2, 0) is 0 Å². The van der Waals surface area contributed by atoms with Crippen molar-refractivity contribution in [3.63, 3.8) is 0 Å². The number of thioether (sulfide) groups is 2. The van der Waals surface area contributed by atoms with Crippen molar-refractivity contribution in [3.05, 3.63) is 71.3 Å². The summed E-state index contributed by atoms with van der Waals surface area (Å²) in [7, 11) is 0. The van der Waals surface area contributed by atoms with Gasteiger partial charge in [0.05, 0.1) is 11.0 Å². The summed E-state index contributed by atoms with van der Waals surface area (Å²) < 4.78 is 1.47. The maximum absolute atomic E-state index is 12.5. The standard InChI is InChI=1S/C20H18N2O2S3/c1-13-8-10-16(11-9-13)18(24)14(2)26-20-22-21-19(27-20)25-12-17(23)15-6-4-3-5-7-15/h3-11,14H,12H2,1-2H3/t14-/m0/s1. The Labute approximate surface area is 170 Å². The summed E-state index contributed by atoms with van der Waals surface area (Å²) in [5.74, 6) is 0.456. The highest BCUT2D eigenvalue weighted by Crippen LogP contribution is 2.32. The summed E-state index contributed by atoms with van der Waals surface area (Å²) in [6, 6.07) is 16.8. The topological polar surface area (TPSA) is 59.9 Å². The number of hydrogen-bond donors (Lipinski definition) is 0. The zero-order valence-corrected chi connectivity index (χ0v) is 17.4. The van der Waals surface area contributed by atoms with Gasteiger partial charge in [0, 0.05) is 11.1 Å². The summed E-state index contributed by atoms with van der Waals surface area (Å²) in [6.07, 6.45) is 0. The molecule has 0 saturated heterocycles. The van der Waals surface area contributed by atoms with Crippen molar-refractivity contribution in [2.24, 2.45) is 0 Å². The maximum atomic E-state index is 12.5. The molecule has 0 aliphatic heterocycles. The summed E-state index contributed by atoms with van der Waals surface area (Å²) in [6.45, 7) is 3.87. The van der Waals surface area contributed by atoms with Crippen LogP contribution in [0.4, 0.5) is 0 Å². The van der Waals surface area contributed by atoms with Crippen molar-refractivity contribution in [1.29, 1.82) is 0 Å². The van der Waals surface area contributed by atoms with Gasteiger partial charge in [-0.1, -0.05) is 95.0 Å². The first-order chi connectivity index (χ1) is 13.0. The lowest BCUT2D eigenvalue weighted by atomic mass is 10.1. The fraction of sp³-hybridized carbons (Fsp3) is 0.200. The van der Waals surface area contributed by atoms with Gasteiger partial charge in [-0.3, -0.25) is 9.59 Å². The van der Waals surface area contributed by atoms with Gasteiger partial charge < -0.3 is 0 Å². The average molecular weight is 415 g/mol. The predicted octanol–water partition coefficient (Wildman–Crippen LogP) is 5.19. The third-order valence-corrected chi connectivity index (χ3v) is 7.03. The number of carbonyl (C=O) groups excluding carboxylic acids is 2. The van der Waals surface area contributed by atoms with Crippen LogP contribution >= 0.6 is 34.9 Å². The van der Waals surface area contributed by atoms with Crippen molar-refractivity contribution in [2.75, 3.05) is 5.75 Å². The zero-order valence-electron chi connectivity index (χ0n) is 14.9. The Bertz CT molecular complexity index is 924. The van der Waals surface area contributed by atoms with Crippen LogP contribution in [0.25, 0.3) is 0 Å². The molecule has 1 atom stereocenters. The average Bonchev–Trinajstić information content (AvgIpc) is 3.14. The van der Waals surface area contributed by atoms with E-state index in [1.807, 2.05) is 68.4 Å². The van der Waals surface area contributed by atoms with E-state index in [4.69, 9.17) is 0 Å². The SMILES string of the molecule is Cc1ccc(C(=O)[C@H](C)Sc2nnc(SCC(=O)c3ccccc3)s2)cc1. The van der Waals surface area contributed by atoms with Gasteiger partial charge in [-0.2, -0.15) is 0 Å². The fourth-order valence-electron chi connectivity index (χ4n) is 2.30. The Morgan fingerprint density at radius 2 is 1.63 bits per heavy atom. The molecular formula is C20H18N2O2S3. The molecule has 1 heterocycles. The van der Waals surface area contributed by atoms with Gasteiger partial charge in [0.2, 0.25) is 0 Å². The minimum Gasteiger partial charge on any atom is -0.293 e. The third-order valence-electron chi connectivity index (χ3n) is 3.79. The molecule has 1 aromatic heterocycles. The van der Waals surface area contributed by atoms with E-state index in [-0.39, 0.29) is 16.8 Å². The van der Waals surface area contributed by atoms with Crippen LogP contribution < -0.4 is 0 Å². The predicted molar refractivity (Wildman–Crippen MR) is 112 cm³/mol. The summed E-state index contributed by atoms with van der Waals surface area (Å²) in [4.78, 5) is 24.7. The van der Waals surface area contributed by atoms with E-state index in [2.05, 4.69) is 10.2 Å². The van der Waals surface area contributed by atoms with Crippen LogP contribution in [0.5, 0.6) is 0 Å². The van der Waals surface area contributed by atoms with Crippen molar-refractivity contribution < 1.29 is 9.59 Å². The molecule has 0 amide bonds. The molecule has 3 aromatic rings. The van der Waals surface area contributed by atoms with E-state index >= 15 is 0 Å². The van der Waals surface area contributed by atoms with Crippen molar-refractivity contribution in [2.45, 2.75) is 27.8 Å². The van der Waals surface area contributed by atoms with Gasteiger partial charge in [-0.15, -0.1) is 10.2 Å². The molecule has 0 N–H and O–H groups in total. The van der Waals surface area contributed by atoms with E-state index in [0.717, 1.165) is 14.2 Å². The van der Waals surface area contributed by atoms with Crippen molar-refractivity contribution >= 4 is 46.4 Å². The third kappa shape index (κ3) is 5.51. The molecule has 0 unspecified atom stereocenters. The van der Waals surface area contributed by atoms with Crippen LogP contribution in [0, 0.1) is 6.92 Å². The highest BCUT2D eigenvalue weighted by Gasteiger charge is 2.19. The number of rotatable bonds is 8. The second-order valence-corrected chi connectivity index (χ2v) is 9.69. The van der Waals surface area contributed by atoms with Gasteiger partial charge in [0.15, 0.2) is 20.2 Å². The quantitative estimate of drug-likeness (QED) is 0.374. The first-order valence-corrected chi connectivity index (χ1v) is 11.0. The van der Waals surface area contributed by atoms with Crippen LogP contribution in [-0.4, -0.2) is 32.8 Å². The lowest BCUT2D eigenvalue weighted by molar-refractivity contribution is 0.0991. The Morgan fingerprint density at radius 3 is 2.33 bits per heavy atom. The summed E-state index contributed by atoms with van der Waals surface area (Å²) in [5, 5.41) is 8.02. The second-order valence-electron chi connectivity index (χ2n) is 5.90. The van der Waals surface area contributed by atoms with Crippen molar-refractivity contribution in [1.82, 2.24) is 10.2 Å². The van der Waals surface area contributed by atoms with Crippen LogP contribution in [0.1, 0.15) is 33.2 Å². The second kappa shape index (κ2) is 9.30. The fourth-order valence-corrected chi connectivity index (χ4v) is 5.43. The Kier molecular flexibility index (Phi) is 6.82. The molecular weight excluding hydrogens is 396 g/mol. The Morgan fingerprint density at radius 1 is 0.963 bits per heavy atom. The van der Waals surface area contributed by atoms with E-state index in [0.29, 0.717) is 16.9 Å². The minimum atomic E-state index is -0.246. The van der Waals surface area contributed by atoms with Gasteiger partial charge in [-0.05, 0) is 13.8 Å². The van der Waals surface area contributed by atoms with E-state index in [9.17, 15) is 9.59 Å². The number of aromatic nitrogens is 2. The number of benzene rings is 2. The Hall–Kier alpha value is -1.96.